The first kappa shape index (κ1) is 10.3. The predicted molar refractivity (Wildman–Crippen MR) is 60.5 cm³/mol. The van der Waals surface area contributed by atoms with E-state index in [4.69, 9.17) is 0 Å². The zero-order chi connectivity index (χ0) is 11.3. The first-order valence-electron chi connectivity index (χ1n) is 6.08. The Morgan fingerprint density at radius 1 is 1.38 bits per heavy atom. The van der Waals surface area contributed by atoms with E-state index in [0.717, 1.165) is 24.8 Å². The van der Waals surface area contributed by atoms with Gasteiger partial charge < -0.3 is 5.11 Å². The Bertz CT molecular complexity index is 429. The van der Waals surface area contributed by atoms with Crippen molar-refractivity contribution in [3.8, 4) is 0 Å². The first-order chi connectivity index (χ1) is 7.59. The van der Waals surface area contributed by atoms with Crippen LogP contribution in [-0.2, 0) is 5.60 Å². The van der Waals surface area contributed by atoms with Crippen molar-refractivity contribution in [2.45, 2.75) is 38.2 Å². The van der Waals surface area contributed by atoms with Gasteiger partial charge >= 0.3 is 0 Å². The second-order valence-electron chi connectivity index (χ2n) is 5.49. The molecule has 1 aromatic carbocycles. The summed E-state index contributed by atoms with van der Waals surface area (Å²) in [6, 6.07) is 5.06. The van der Waals surface area contributed by atoms with Crippen LogP contribution in [0.15, 0.2) is 18.2 Å². The molecule has 2 heteroatoms. The summed E-state index contributed by atoms with van der Waals surface area (Å²) in [7, 11) is 0. The number of fused-ring (bicyclic) bond motifs is 2. The average molecular weight is 220 g/mol. The van der Waals surface area contributed by atoms with E-state index in [-0.39, 0.29) is 11.7 Å². The van der Waals surface area contributed by atoms with Gasteiger partial charge in [-0.2, -0.15) is 0 Å². The lowest BCUT2D eigenvalue weighted by Gasteiger charge is -2.33. The summed E-state index contributed by atoms with van der Waals surface area (Å²) in [6.07, 6.45) is 4.08. The maximum atomic E-state index is 13.8. The molecule has 1 N–H and O–H groups in total. The molecular formula is C14H17FO. The van der Waals surface area contributed by atoms with E-state index in [0.29, 0.717) is 11.5 Å². The van der Waals surface area contributed by atoms with Gasteiger partial charge in [-0.25, -0.2) is 4.39 Å². The van der Waals surface area contributed by atoms with Crippen LogP contribution in [0.2, 0.25) is 0 Å². The molecule has 0 amide bonds. The molecule has 1 aromatic rings. The van der Waals surface area contributed by atoms with Crippen molar-refractivity contribution < 1.29 is 9.50 Å². The van der Waals surface area contributed by atoms with Gasteiger partial charge in [0.15, 0.2) is 0 Å². The summed E-state index contributed by atoms with van der Waals surface area (Å²) in [5.74, 6) is 0.629. The van der Waals surface area contributed by atoms with Crippen LogP contribution in [0.1, 0.15) is 36.8 Å². The molecule has 0 radical (unpaired) electrons. The standard InChI is InChI=1S/C14H17FO/c1-9-2-5-13(15)12(6-9)14(16)8-10-3-4-11(14)7-10/h2,5-6,10-11,16H,3-4,7-8H2,1H3. The second kappa shape index (κ2) is 3.30. The number of benzene rings is 1. The molecule has 2 aliphatic carbocycles. The molecule has 0 spiro atoms. The molecule has 2 bridgehead atoms. The molecule has 2 fully saturated rings. The maximum Gasteiger partial charge on any atom is 0.129 e. The zero-order valence-corrected chi connectivity index (χ0v) is 9.54. The Morgan fingerprint density at radius 3 is 2.81 bits per heavy atom. The summed E-state index contributed by atoms with van der Waals surface area (Å²) in [6.45, 7) is 1.94. The fraction of sp³-hybridized carbons (Fsp3) is 0.571. The molecule has 16 heavy (non-hydrogen) atoms. The summed E-state index contributed by atoms with van der Waals surface area (Å²) in [5.41, 5.74) is 0.659. The normalized spacial score (nSPS) is 36.9. The van der Waals surface area contributed by atoms with Crippen LogP contribution in [-0.4, -0.2) is 5.11 Å². The minimum absolute atomic E-state index is 0.249. The van der Waals surface area contributed by atoms with Crippen molar-refractivity contribution in [3.05, 3.63) is 35.1 Å². The summed E-state index contributed by atoms with van der Waals surface area (Å²) in [4.78, 5) is 0. The number of rotatable bonds is 1. The lowest BCUT2D eigenvalue weighted by molar-refractivity contribution is -0.0212. The Morgan fingerprint density at radius 2 is 2.19 bits per heavy atom. The minimum atomic E-state index is -0.890. The highest BCUT2D eigenvalue weighted by molar-refractivity contribution is 5.31. The third-order valence-corrected chi connectivity index (χ3v) is 4.40. The van der Waals surface area contributed by atoms with Crippen LogP contribution in [0.3, 0.4) is 0 Å². The van der Waals surface area contributed by atoms with Crippen LogP contribution in [0.4, 0.5) is 4.39 Å². The van der Waals surface area contributed by atoms with Gasteiger partial charge in [0, 0.05) is 5.56 Å². The Labute approximate surface area is 95.3 Å². The summed E-state index contributed by atoms with van der Waals surface area (Å²) < 4.78 is 13.8. The van der Waals surface area contributed by atoms with Crippen molar-refractivity contribution in [2.24, 2.45) is 11.8 Å². The second-order valence-corrected chi connectivity index (χ2v) is 5.49. The van der Waals surface area contributed by atoms with E-state index in [9.17, 15) is 9.50 Å². The highest BCUT2D eigenvalue weighted by Gasteiger charge is 2.51. The number of hydrogen-bond donors (Lipinski definition) is 1. The van der Waals surface area contributed by atoms with Crippen LogP contribution in [0, 0.1) is 24.6 Å². The van der Waals surface area contributed by atoms with E-state index in [1.807, 2.05) is 13.0 Å². The largest absolute Gasteiger partial charge is 0.385 e. The van der Waals surface area contributed by atoms with E-state index in [1.165, 1.54) is 12.5 Å². The van der Waals surface area contributed by atoms with Crippen LogP contribution >= 0.6 is 0 Å². The van der Waals surface area contributed by atoms with E-state index in [1.54, 1.807) is 6.07 Å². The highest BCUT2D eigenvalue weighted by atomic mass is 19.1. The minimum Gasteiger partial charge on any atom is -0.385 e. The Kier molecular flexibility index (Phi) is 2.12. The number of aryl methyl sites for hydroxylation is 1. The molecule has 2 aliphatic rings. The van der Waals surface area contributed by atoms with Crippen molar-refractivity contribution >= 4 is 0 Å². The molecule has 0 aliphatic heterocycles. The van der Waals surface area contributed by atoms with Crippen LogP contribution in [0.5, 0.6) is 0 Å². The average Bonchev–Trinajstić information content (AvgIpc) is 2.81. The van der Waals surface area contributed by atoms with Gasteiger partial charge in [0.05, 0.1) is 5.60 Å². The lowest BCUT2D eigenvalue weighted by Crippen LogP contribution is -2.33. The van der Waals surface area contributed by atoms with E-state index >= 15 is 0 Å². The van der Waals surface area contributed by atoms with Crippen molar-refractivity contribution in [1.29, 1.82) is 0 Å². The zero-order valence-electron chi connectivity index (χ0n) is 9.54. The first-order valence-corrected chi connectivity index (χ1v) is 6.08. The third kappa shape index (κ3) is 1.32. The van der Waals surface area contributed by atoms with Gasteiger partial charge in [0.25, 0.3) is 0 Å². The smallest absolute Gasteiger partial charge is 0.129 e. The fourth-order valence-corrected chi connectivity index (χ4v) is 3.60. The monoisotopic (exact) mass is 220 g/mol. The molecule has 3 unspecified atom stereocenters. The lowest BCUT2D eigenvalue weighted by atomic mass is 9.78. The van der Waals surface area contributed by atoms with Crippen LogP contribution < -0.4 is 0 Å². The number of halogens is 1. The van der Waals surface area contributed by atoms with E-state index < -0.39 is 5.60 Å². The molecule has 86 valence electrons. The topological polar surface area (TPSA) is 20.2 Å². The Hall–Kier alpha value is -0.890. The molecule has 0 saturated heterocycles. The SMILES string of the molecule is Cc1ccc(F)c(C2(O)CC3CCC2C3)c1. The van der Waals surface area contributed by atoms with Crippen molar-refractivity contribution in [3.63, 3.8) is 0 Å². The summed E-state index contributed by atoms with van der Waals surface area (Å²) >= 11 is 0. The molecule has 3 rings (SSSR count). The quantitative estimate of drug-likeness (QED) is 0.771. The molecule has 1 nitrogen and oxygen atoms in total. The molecular weight excluding hydrogens is 203 g/mol. The number of aliphatic hydroxyl groups is 1. The van der Waals surface area contributed by atoms with Gasteiger partial charge in [-0.05, 0) is 50.5 Å². The van der Waals surface area contributed by atoms with Gasteiger partial charge in [-0.1, -0.05) is 17.7 Å². The van der Waals surface area contributed by atoms with Gasteiger partial charge in [0.1, 0.15) is 5.82 Å². The molecule has 3 atom stereocenters. The Balaban J connectivity index is 2.06. The number of hydrogen-bond acceptors (Lipinski definition) is 1. The fourth-order valence-electron chi connectivity index (χ4n) is 3.60. The third-order valence-electron chi connectivity index (χ3n) is 4.40. The maximum absolute atomic E-state index is 13.8. The molecule has 0 aromatic heterocycles. The van der Waals surface area contributed by atoms with Crippen molar-refractivity contribution in [2.75, 3.05) is 0 Å². The molecule has 2 saturated carbocycles. The predicted octanol–water partition coefficient (Wildman–Crippen LogP) is 3.14. The van der Waals surface area contributed by atoms with Gasteiger partial charge in [-0.3, -0.25) is 0 Å². The van der Waals surface area contributed by atoms with Crippen molar-refractivity contribution in [1.82, 2.24) is 0 Å². The van der Waals surface area contributed by atoms with Gasteiger partial charge in [0.2, 0.25) is 0 Å². The molecule has 0 heterocycles. The van der Waals surface area contributed by atoms with E-state index in [2.05, 4.69) is 0 Å². The summed E-state index contributed by atoms with van der Waals surface area (Å²) in [5, 5.41) is 10.7. The highest BCUT2D eigenvalue weighted by Crippen LogP contribution is 2.55. The van der Waals surface area contributed by atoms with Crippen LogP contribution in [0.25, 0.3) is 0 Å². The van der Waals surface area contributed by atoms with Gasteiger partial charge in [-0.15, -0.1) is 0 Å².